The van der Waals surface area contributed by atoms with Crippen LogP contribution in [-0.2, 0) is 4.74 Å². The lowest BCUT2D eigenvalue weighted by Gasteiger charge is -2.34. The molecule has 7 heteroatoms. The molecule has 1 aromatic rings. The molecule has 1 aliphatic rings. The number of rotatable bonds is 6. The van der Waals surface area contributed by atoms with Crippen molar-refractivity contribution in [3.05, 3.63) is 21.9 Å². The molecule has 0 aliphatic carbocycles. The first kappa shape index (κ1) is 20.7. The summed E-state index contributed by atoms with van der Waals surface area (Å²) in [6, 6.07) is 4.74. The first-order valence-electron chi connectivity index (χ1n) is 7.98. The van der Waals surface area contributed by atoms with Crippen LogP contribution in [0.5, 0.6) is 0 Å². The van der Waals surface area contributed by atoms with Crippen molar-refractivity contribution >= 4 is 41.3 Å². The van der Waals surface area contributed by atoms with Crippen LogP contribution in [0.25, 0.3) is 0 Å². The fourth-order valence-corrected chi connectivity index (χ4v) is 3.48. The van der Waals surface area contributed by atoms with E-state index in [1.165, 1.54) is 9.75 Å². The Balaban J connectivity index is 0.00000264. The summed E-state index contributed by atoms with van der Waals surface area (Å²) in [6.07, 6.45) is 0. The van der Waals surface area contributed by atoms with Crippen molar-refractivity contribution in [2.75, 3.05) is 39.4 Å². The molecule has 2 heterocycles. The van der Waals surface area contributed by atoms with Crippen LogP contribution in [-0.4, -0.2) is 50.3 Å². The van der Waals surface area contributed by atoms with Gasteiger partial charge in [-0.1, -0.05) is 13.8 Å². The van der Waals surface area contributed by atoms with E-state index in [2.05, 4.69) is 48.1 Å². The number of hydrogen-bond acceptors (Lipinski definition) is 4. The molecule has 1 atom stereocenters. The third-order valence-corrected chi connectivity index (χ3v) is 4.78. The molecule has 0 saturated carbocycles. The van der Waals surface area contributed by atoms with Gasteiger partial charge >= 0.3 is 0 Å². The average molecular weight is 452 g/mol. The fourth-order valence-electron chi connectivity index (χ4n) is 2.47. The molecule has 132 valence electrons. The van der Waals surface area contributed by atoms with Gasteiger partial charge in [-0.15, -0.1) is 35.3 Å². The van der Waals surface area contributed by atoms with E-state index in [9.17, 15) is 0 Å². The predicted octanol–water partition coefficient (Wildman–Crippen LogP) is 2.61. The topological polar surface area (TPSA) is 62.9 Å². The maximum absolute atomic E-state index is 5.98. The smallest absolute Gasteiger partial charge is 0.188 e. The van der Waals surface area contributed by atoms with Crippen LogP contribution in [0.1, 0.15) is 29.6 Å². The monoisotopic (exact) mass is 452 g/mol. The zero-order valence-corrected chi connectivity index (χ0v) is 17.4. The molecule has 5 nitrogen and oxygen atoms in total. The molecule has 0 radical (unpaired) electrons. The standard InChI is InChI=1S/C16H28N4OS.HI/c1-12(2)10-18-16(17)19-11-14(15-5-4-13(3)22-15)20-6-8-21-9-7-20;/h4-5,12,14H,6-11H2,1-3H3,(H3,17,18,19);1H. The number of hydrogen-bond donors (Lipinski definition) is 2. The highest BCUT2D eigenvalue weighted by Gasteiger charge is 2.23. The van der Waals surface area contributed by atoms with E-state index in [1.54, 1.807) is 0 Å². The Morgan fingerprint density at radius 1 is 1.39 bits per heavy atom. The first-order chi connectivity index (χ1) is 10.6. The molecule has 0 spiro atoms. The number of aryl methyl sites for hydroxylation is 1. The Hall–Kier alpha value is -0.380. The van der Waals surface area contributed by atoms with Crippen LogP contribution in [0.15, 0.2) is 17.1 Å². The lowest BCUT2D eigenvalue weighted by molar-refractivity contribution is 0.0177. The molecule has 23 heavy (non-hydrogen) atoms. The molecule has 1 aromatic heterocycles. The predicted molar refractivity (Wildman–Crippen MR) is 109 cm³/mol. The molecule has 0 bridgehead atoms. The average Bonchev–Trinajstić information content (AvgIpc) is 2.93. The molecule has 1 aliphatic heterocycles. The van der Waals surface area contributed by atoms with Crippen molar-refractivity contribution in [1.82, 2.24) is 10.2 Å². The summed E-state index contributed by atoms with van der Waals surface area (Å²) in [4.78, 5) is 9.57. The number of nitrogens with zero attached hydrogens (tertiary/aromatic N) is 2. The van der Waals surface area contributed by atoms with Crippen LogP contribution in [0.2, 0.25) is 0 Å². The number of ether oxygens (including phenoxy) is 1. The first-order valence-corrected chi connectivity index (χ1v) is 8.80. The van der Waals surface area contributed by atoms with E-state index < -0.39 is 0 Å². The highest BCUT2D eigenvalue weighted by Crippen LogP contribution is 2.27. The van der Waals surface area contributed by atoms with Gasteiger partial charge in [0.2, 0.25) is 0 Å². The Morgan fingerprint density at radius 3 is 2.65 bits per heavy atom. The number of aliphatic imine (C=N–C) groups is 1. The number of nitrogens with one attached hydrogen (secondary N) is 1. The molecular weight excluding hydrogens is 423 g/mol. The van der Waals surface area contributed by atoms with E-state index in [1.807, 2.05) is 11.3 Å². The van der Waals surface area contributed by atoms with Gasteiger partial charge < -0.3 is 15.8 Å². The zero-order chi connectivity index (χ0) is 15.9. The molecule has 3 N–H and O–H groups in total. The third kappa shape index (κ3) is 6.94. The van der Waals surface area contributed by atoms with Gasteiger partial charge in [-0.25, -0.2) is 0 Å². The van der Waals surface area contributed by atoms with E-state index in [0.29, 0.717) is 17.9 Å². The van der Waals surface area contributed by atoms with Crippen molar-refractivity contribution < 1.29 is 4.74 Å². The summed E-state index contributed by atoms with van der Waals surface area (Å²) in [6.45, 7) is 11.5. The Morgan fingerprint density at radius 2 is 2.09 bits per heavy atom. The van der Waals surface area contributed by atoms with Gasteiger partial charge in [-0.3, -0.25) is 9.89 Å². The van der Waals surface area contributed by atoms with Gasteiger partial charge in [0, 0.05) is 35.9 Å². The van der Waals surface area contributed by atoms with E-state index >= 15 is 0 Å². The number of thiophene rings is 1. The largest absolute Gasteiger partial charge is 0.379 e. The summed E-state index contributed by atoms with van der Waals surface area (Å²) in [5.41, 5.74) is 5.98. The highest BCUT2D eigenvalue weighted by atomic mass is 127. The van der Waals surface area contributed by atoms with E-state index in [-0.39, 0.29) is 24.0 Å². The van der Waals surface area contributed by atoms with Crippen LogP contribution < -0.4 is 11.1 Å². The highest BCUT2D eigenvalue weighted by molar-refractivity contribution is 14.0. The van der Waals surface area contributed by atoms with E-state index in [0.717, 1.165) is 39.4 Å². The molecule has 0 aromatic carbocycles. The maximum Gasteiger partial charge on any atom is 0.188 e. The minimum absolute atomic E-state index is 0. The quantitative estimate of drug-likeness (QED) is 0.396. The zero-order valence-electron chi connectivity index (χ0n) is 14.2. The maximum atomic E-state index is 5.98. The van der Waals surface area contributed by atoms with Crippen molar-refractivity contribution in [2.24, 2.45) is 16.6 Å². The number of morpholine rings is 1. The SMILES string of the molecule is Cc1ccc(C(CNC(N)=NCC(C)C)N2CCOCC2)s1.I. The lowest BCUT2D eigenvalue weighted by atomic mass is 10.2. The Kier molecular flexibility index (Phi) is 9.41. The summed E-state index contributed by atoms with van der Waals surface area (Å²) in [5.74, 6) is 1.07. The molecular formula is C16H29IN4OS. The second kappa shape index (κ2) is 10.5. The number of halogens is 1. The molecule has 1 fully saturated rings. The van der Waals surface area contributed by atoms with Gasteiger partial charge in [0.1, 0.15) is 0 Å². The van der Waals surface area contributed by atoms with Gasteiger partial charge in [-0.05, 0) is 25.0 Å². The fraction of sp³-hybridized carbons (Fsp3) is 0.688. The van der Waals surface area contributed by atoms with Gasteiger partial charge in [0.25, 0.3) is 0 Å². The minimum Gasteiger partial charge on any atom is -0.379 e. The van der Waals surface area contributed by atoms with Crippen molar-refractivity contribution in [3.63, 3.8) is 0 Å². The van der Waals surface area contributed by atoms with Crippen molar-refractivity contribution in [3.8, 4) is 0 Å². The van der Waals surface area contributed by atoms with Crippen molar-refractivity contribution in [2.45, 2.75) is 26.8 Å². The number of guanidine groups is 1. The second-order valence-electron chi connectivity index (χ2n) is 6.11. The second-order valence-corrected chi connectivity index (χ2v) is 7.43. The van der Waals surface area contributed by atoms with Crippen LogP contribution in [0.4, 0.5) is 0 Å². The molecule has 0 amide bonds. The normalized spacial score (nSPS) is 17.8. The summed E-state index contributed by atoms with van der Waals surface area (Å²) in [5, 5.41) is 3.30. The minimum atomic E-state index is 0. The van der Waals surface area contributed by atoms with Crippen LogP contribution in [0, 0.1) is 12.8 Å². The molecule has 1 unspecified atom stereocenters. The number of nitrogens with two attached hydrogens (primary N) is 1. The summed E-state index contributed by atoms with van der Waals surface area (Å²) >= 11 is 1.86. The van der Waals surface area contributed by atoms with Gasteiger partial charge in [0.05, 0.1) is 19.3 Å². The van der Waals surface area contributed by atoms with Crippen molar-refractivity contribution in [1.29, 1.82) is 0 Å². The summed E-state index contributed by atoms with van der Waals surface area (Å²) in [7, 11) is 0. The van der Waals surface area contributed by atoms with Gasteiger partial charge in [0.15, 0.2) is 5.96 Å². The third-order valence-electron chi connectivity index (χ3n) is 3.68. The van der Waals surface area contributed by atoms with E-state index in [4.69, 9.17) is 10.5 Å². The van der Waals surface area contributed by atoms with Crippen LogP contribution >= 0.6 is 35.3 Å². The Labute approximate surface area is 160 Å². The molecule has 1 saturated heterocycles. The Bertz CT molecular complexity index is 486. The summed E-state index contributed by atoms with van der Waals surface area (Å²) < 4.78 is 5.47. The lowest BCUT2D eigenvalue weighted by Crippen LogP contribution is -2.45. The van der Waals surface area contributed by atoms with Gasteiger partial charge in [-0.2, -0.15) is 0 Å². The molecule has 2 rings (SSSR count). The van der Waals surface area contributed by atoms with Crippen LogP contribution in [0.3, 0.4) is 0 Å².